The SMILES string of the molecule is Cl.Cl.Cl.[MgH2]. The first-order chi connectivity index (χ1) is 0. The second-order valence-corrected chi connectivity index (χ2v) is 0. The van der Waals surface area contributed by atoms with Gasteiger partial charge in [0, 0.05) is 0 Å². The fourth-order valence-corrected chi connectivity index (χ4v) is 0. The Morgan fingerprint density at radius 3 is 0.500 bits per heavy atom. The summed E-state index contributed by atoms with van der Waals surface area (Å²) in [6.45, 7) is 0. The number of rotatable bonds is 0. The van der Waals surface area contributed by atoms with Crippen LogP contribution in [-0.2, 0) is 0 Å². The molecule has 0 amide bonds. The summed E-state index contributed by atoms with van der Waals surface area (Å²) in [6.07, 6.45) is 0. The van der Waals surface area contributed by atoms with E-state index >= 15 is 0 Å². The van der Waals surface area contributed by atoms with Crippen LogP contribution in [0.3, 0.4) is 0 Å². The lowest BCUT2D eigenvalue weighted by Gasteiger charge is -0.148. The van der Waals surface area contributed by atoms with Gasteiger partial charge in [-0.2, -0.15) is 0 Å². The summed E-state index contributed by atoms with van der Waals surface area (Å²) in [4.78, 5) is 0. The summed E-state index contributed by atoms with van der Waals surface area (Å²) < 4.78 is 0. The van der Waals surface area contributed by atoms with Crippen molar-refractivity contribution in [3.63, 3.8) is 0 Å². The van der Waals surface area contributed by atoms with Crippen molar-refractivity contribution < 1.29 is 0 Å². The molecular formula is H5Cl3Mg. The quantitative estimate of drug-likeness (QED) is 0.421. The highest BCUT2D eigenvalue weighted by molar-refractivity contribution is 5.86. The Morgan fingerprint density at radius 2 is 0.500 bits per heavy atom. The molecule has 0 unspecified atom stereocenters. The predicted octanol–water partition coefficient (Wildman–Crippen LogP) is 0.349. The lowest BCUT2D eigenvalue weighted by Crippen LogP contribution is -0.381. The minimum absolute atomic E-state index is 0. The van der Waals surface area contributed by atoms with Crippen molar-refractivity contribution in [3.8, 4) is 0 Å². The van der Waals surface area contributed by atoms with Gasteiger partial charge in [-0.05, 0) is 0 Å². The van der Waals surface area contributed by atoms with E-state index in [0.717, 1.165) is 0 Å². The average Bonchev–Trinajstić information content (AvgIpc) is 0. The van der Waals surface area contributed by atoms with Crippen molar-refractivity contribution in [3.05, 3.63) is 0 Å². The zero-order valence-corrected chi connectivity index (χ0v) is 3.67. The summed E-state index contributed by atoms with van der Waals surface area (Å²) in [5.74, 6) is 0. The predicted molar refractivity (Wildman–Crippen MR) is 30.3 cm³/mol. The first-order valence-electron chi connectivity index (χ1n) is 0. The van der Waals surface area contributed by atoms with Gasteiger partial charge >= 0.3 is 23.1 Å². The lowest BCUT2D eigenvalue weighted by molar-refractivity contribution is 5.75. The molecule has 0 heterocycles. The fourth-order valence-electron chi connectivity index (χ4n) is 0. The fraction of sp³-hybridized carbons (Fsp3) is 0. The van der Waals surface area contributed by atoms with Crippen LogP contribution in [0.4, 0.5) is 0 Å². The third-order valence-corrected chi connectivity index (χ3v) is 0. The van der Waals surface area contributed by atoms with Gasteiger partial charge in [0.15, 0.2) is 0 Å². The second-order valence-electron chi connectivity index (χ2n) is 0. The highest BCUT2D eigenvalue weighted by Gasteiger charge is 0.316. The van der Waals surface area contributed by atoms with E-state index in [4.69, 9.17) is 0 Å². The van der Waals surface area contributed by atoms with Crippen LogP contribution in [0, 0.1) is 0 Å². The van der Waals surface area contributed by atoms with Gasteiger partial charge in [0.05, 0.1) is 0 Å². The van der Waals surface area contributed by atoms with Crippen molar-refractivity contribution >= 4 is 60.3 Å². The Hall–Kier alpha value is 1.64. The second kappa shape index (κ2) is 22.9. The highest BCUT2D eigenvalue weighted by atomic mass is 35.5. The molecule has 0 bridgehead atoms. The molecule has 0 rings (SSSR count). The van der Waals surface area contributed by atoms with Crippen molar-refractivity contribution in [2.45, 2.75) is 0 Å². The van der Waals surface area contributed by atoms with Gasteiger partial charge in [0.2, 0.25) is 0 Å². The molecular weight excluding hydrogens is 131 g/mol. The molecule has 0 N–H and O–H groups in total. The van der Waals surface area contributed by atoms with Gasteiger partial charge in [-0.15, -0.1) is 37.2 Å². The molecule has 0 saturated heterocycles. The van der Waals surface area contributed by atoms with Crippen LogP contribution < -0.4 is 0 Å². The van der Waals surface area contributed by atoms with Gasteiger partial charge in [-0.3, -0.25) is 0 Å². The van der Waals surface area contributed by atoms with E-state index in [1.165, 1.54) is 0 Å². The minimum Gasteiger partial charge on any atom is -0.147 e. The average molecular weight is 136 g/mol. The van der Waals surface area contributed by atoms with Crippen molar-refractivity contribution in [1.29, 1.82) is 0 Å². The molecule has 0 aliphatic carbocycles. The summed E-state index contributed by atoms with van der Waals surface area (Å²) >= 11 is 0. The Bertz CT molecular complexity index is 3.25. The number of hydrogen-bond acceptors (Lipinski definition) is 0. The van der Waals surface area contributed by atoms with Gasteiger partial charge in [0.25, 0.3) is 0 Å². The first-order valence-corrected chi connectivity index (χ1v) is 0. The molecule has 0 aromatic heterocycles. The van der Waals surface area contributed by atoms with Crippen LogP contribution in [0.25, 0.3) is 0 Å². The molecule has 0 atom stereocenters. The normalized spacial score (nSPS) is 0. The Balaban J connectivity index is 0. The summed E-state index contributed by atoms with van der Waals surface area (Å²) in [5, 5.41) is 0. The molecule has 0 aromatic rings. The van der Waals surface area contributed by atoms with E-state index in [0.29, 0.717) is 0 Å². The highest BCUT2D eigenvalue weighted by Crippen LogP contribution is 0.692. The smallest absolute Gasteiger partial charge is 0.147 e. The van der Waals surface area contributed by atoms with Crippen LogP contribution in [0.1, 0.15) is 0 Å². The molecule has 28 valence electrons. The van der Waals surface area contributed by atoms with E-state index in [2.05, 4.69) is 0 Å². The van der Waals surface area contributed by atoms with Crippen molar-refractivity contribution in [1.82, 2.24) is 0 Å². The van der Waals surface area contributed by atoms with Gasteiger partial charge in [-0.1, -0.05) is 0 Å². The van der Waals surface area contributed by atoms with E-state index in [1.807, 2.05) is 0 Å². The third-order valence-electron chi connectivity index (χ3n) is 0. The topological polar surface area (TPSA) is 0 Å². The summed E-state index contributed by atoms with van der Waals surface area (Å²) in [5.41, 5.74) is 0. The van der Waals surface area contributed by atoms with E-state index < -0.39 is 0 Å². The van der Waals surface area contributed by atoms with Crippen LogP contribution in [0.5, 0.6) is 0 Å². The molecule has 0 nitrogen and oxygen atoms in total. The standard InChI is InChI=1S/3ClH.Mg.2H/h3*1H;;;. The molecule has 4 heteroatoms. The van der Waals surface area contributed by atoms with Crippen LogP contribution in [-0.4, -0.2) is 23.1 Å². The Kier molecular flexibility index (Phi) is 259. The van der Waals surface area contributed by atoms with Crippen LogP contribution >= 0.6 is 37.2 Å². The number of halogens is 3. The maximum absolute atomic E-state index is 0. The van der Waals surface area contributed by atoms with Crippen molar-refractivity contribution in [2.75, 3.05) is 0 Å². The zero-order chi connectivity index (χ0) is 0. The Labute approximate surface area is 60.1 Å². The molecule has 0 spiro atoms. The minimum atomic E-state index is 0. The van der Waals surface area contributed by atoms with E-state index in [9.17, 15) is 0 Å². The van der Waals surface area contributed by atoms with E-state index in [1.54, 1.807) is 0 Å². The van der Waals surface area contributed by atoms with E-state index in [-0.39, 0.29) is 60.3 Å². The number of hydrogen-bond donors (Lipinski definition) is 0. The summed E-state index contributed by atoms with van der Waals surface area (Å²) in [7, 11) is 0. The van der Waals surface area contributed by atoms with Crippen LogP contribution in [0.15, 0.2) is 0 Å². The first kappa shape index (κ1) is 45.3. The molecule has 0 aliphatic heterocycles. The van der Waals surface area contributed by atoms with Gasteiger partial charge in [-0.25, -0.2) is 0 Å². The molecule has 0 radical (unpaired) electrons. The molecule has 4 heavy (non-hydrogen) atoms. The van der Waals surface area contributed by atoms with Gasteiger partial charge in [0.1, 0.15) is 0 Å². The lowest BCUT2D eigenvalue weighted by atomic mass is 24.3. The molecule has 0 aliphatic rings. The van der Waals surface area contributed by atoms with Gasteiger partial charge < -0.3 is 0 Å². The molecule has 0 aromatic carbocycles. The Morgan fingerprint density at radius 1 is 0.500 bits per heavy atom. The molecule has 0 fully saturated rings. The maximum Gasteiger partial charge on any atom is 0.316 e. The largest absolute Gasteiger partial charge is 0.316 e. The van der Waals surface area contributed by atoms with Crippen LogP contribution in [0.2, 0.25) is 0 Å². The van der Waals surface area contributed by atoms with Crippen molar-refractivity contribution in [2.24, 2.45) is 0 Å². The molecule has 0 saturated carbocycles. The third kappa shape index (κ3) is 9.44. The monoisotopic (exact) mass is 134 g/mol. The zero-order valence-electron chi connectivity index (χ0n) is 1.22. The maximum atomic E-state index is 0. The summed E-state index contributed by atoms with van der Waals surface area (Å²) in [6, 6.07) is 0.